The molecular formula is C27H32N2OS. The molecule has 2 aliphatic rings. The molecule has 162 valence electrons. The van der Waals surface area contributed by atoms with Gasteiger partial charge in [-0.1, -0.05) is 49.2 Å². The zero-order chi connectivity index (χ0) is 21.2. The van der Waals surface area contributed by atoms with Crippen LogP contribution in [-0.2, 0) is 11.2 Å². The second-order valence-corrected chi connectivity index (χ2v) is 10.4. The zero-order valence-corrected chi connectivity index (χ0v) is 19.2. The van der Waals surface area contributed by atoms with Gasteiger partial charge in [0.1, 0.15) is 0 Å². The number of benzene rings is 2. The van der Waals surface area contributed by atoms with Crippen molar-refractivity contribution in [3.8, 4) is 11.1 Å². The molecule has 1 amide bonds. The van der Waals surface area contributed by atoms with Gasteiger partial charge in [0.2, 0.25) is 5.91 Å². The Kier molecular flexibility index (Phi) is 6.10. The average molecular weight is 433 g/mol. The van der Waals surface area contributed by atoms with Gasteiger partial charge in [0.25, 0.3) is 0 Å². The van der Waals surface area contributed by atoms with Crippen molar-refractivity contribution in [2.24, 2.45) is 0 Å². The number of amides is 1. The zero-order valence-electron chi connectivity index (χ0n) is 18.4. The number of nitrogens with zero attached hydrogens (tertiary/aromatic N) is 1. The highest BCUT2D eigenvalue weighted by atomic mass is 32.1. The number of hydrogen-bond acceptors (Lipinski definition) is 3. The molecule has 2 aromatic carbocycles. The maximum absolute atomic E-state index is 13.0. The smallest absolute Gasteiger partial charge is 0.224 e. The number of hydrogen-bond donors (Lipinski definition) is 1. The fourth-order valence-electron chi connectivity index (χ4n) is 5.57. The maximum Gasteiger partial charge on any atom is 0.224 e. The molecule has 1 aromatic heterocycles. The SMILES string of the molecule is Cc1sc2ccc(CC(=O)NC3CCCCC3N3CCCC3)cc2c1-c1ccccc1. The lowest BCUT2D eigenvalue weighted by atomic mass is 9.89. The Bertz CT molecular complexity index is 1050. The number of nitrogens with one attached hydrogen (secondary N) is 1. The minimum absolute atomic E-state index is 0.170. The van der Waals surface area contributed by atoms with E-state index in [2.05, 4.69) is 65.7 Å². The Balaban J connectivity index is 1.33. The minimum Gasteiger partial charge on any atom is -0.352 e. The number of aryl methyl sites for hydroxylation is 1. The highest BCUT2D eigenvalue weighted by molar-refractivity contribution is 7.19. The van der Waals surface area contributed by atoms with E-state index in [1.165, 1.54) is 71.3 Å². The molecule has 0 bridgehead atoms. The average Bonchev–Trinajstić information content (AvgIpc) is 3.42. The molecule has 5 rings (SSSR count). The maximum atomic E-state index is 13.0. The topological polar surface area (TPSA) is 32.3 Å². The second kappa shape index (κ2) is 9.13. The Morgan fingerprint density at radius 1 is 1.03 bits per heavy atom. The van der Waals surface area contributed by atoms with Gasteiger partial charge in [0, 0.05) is 32.6 Å². The highest BCUT2D eigenvalue weighted by Crippen LogP contribution is 2.38. The summed E-state index contributed by atoms with van der Waals surface area (Å²) in [7, 11) is 0. The molecule has 1 aliphatic heterocycles. The molecule has 1 N–H and O–H groups in total. The standard InChI is InChI=1S/C27H32N2OS/c1-19-27(21-9-3-2-4-10-21)22-17-20(13-14-25(22)31-19)18-26(30)28-23-11-5-6-12-24(23)29-15-7-8-16-29/h2-4,9-10,13-14,17,23-24H,5-8,11-12,15-16,18H2,1H3,(H,28,30). The van der Waals surface area contributed by atoms with Gasteiger partial charge in [-0.3, -0.25) is 9.69 Å². The summed E-state index contributed by atoms with van der Waals surface area (Å²) >= 11 is 1.84. The molecular weight excluding hydrogens is 400 g/mol. The van der Waals surface area contributed by atoms with Gasteiger partial charge >= 0.3 is 0 Å². The monoisotopic (exact) mass is 432 g/mol. The van der Waals surface area contributed by atoms with Crippen LogP contribution in [0.15, 0.2) is 48.5 Å². The predicted octanol–water partition coefficient (Wildman–Crippen LogP) is 5.94. The largest absolute Gasteiger partial charge is 0.352 e. The number of rotatable bonds is 5. The van der Waals surface area contributed by atoms with E-state index in [9.17, 15) is 4.79 Å². The molecule has 31 heavy (non-hydrogen) atoms. The lowest BCUT2D eigenvalue weighted by Crippen LogP contribution is -2.52. The van der Waals surface area contributed by atoms with Crippen molar-refractivity contribution < 1.29 is 4.79 Å². The molecule has 2 heterocycles. The molecule has 2 unspecified atom stereocenters. The van der Waals surface area contributed by atoms with E-state index in [0.29, 0.717) is 18.5 Å². The number of carbonyl (C=O) groups excluding carboxylic acids is 1. The molecule has 2 atom stereocenters. The summed E-state index contributed by atoms with van der Waals surface area (Å²) in [5, 5.41) is 4.69. The Hall–Kier alpha value is -2.17. The molecule has 0 spiro atoms. The summed E-state index contributed by atoms with van der Waals surface area (Å²) in [6.45, 7) is 4.60. The van der Waals surface area contributed by atoms with Crippen LogP contribution in [0.5, 0.6) is 0 Å². The van der Waals surface area contributed by atoms with Crippen LogP contribution in [-0.4, -0.2) is 36.0 Å². The fourth-order valence-corrected chi connectivity index (χ4v) is 6.64. The molecule has 3 nitrogen and oxygen atoms in total. The first kappa shape index (κ1) is 20.7. The van der Waals surface area contributed by atoms with Gasteiger partial charge in [-0.05, 0) is 69.0 Å². The third kappa shape index (κ3) is 4.42. The lowest BCUT2D eigenvalue weighted by Gasteiger charge is -2.38. The van der Waals surface area contributed by atoms with E-state index < -0.39 is 0 Å². The van der Waals surface area contributed by atoms with Crippen LogP contribution in [0.25, 0.3) is 21.2 Å². The highest BCUT2D eigenvalue weighted by Gasteiger charge is 2.32. The number of fused-ring (bicyclic) bond motifs is 1. The van der Waals surface area contributed by atoms with Gasteiger partial charge in [-0.25, -0.2) is 0 Å². The third-order valence-electron chi connectivity index (χ3n) is 7.04. The van der Waals surface area contributed by atoms with Crippen molar-refractivity contribution in [1.82, 2.24) is 10.2 Å². The summed E-state index contributed by atoms with van der Waals surface area (Å²) in [6.07, 6.45) is 7.95. The van der Waals surface area contributed by atoms with Crippen molar-refractivity contribution in [2.45, 2.75) is 64.0 Å². The van der Waals surface area contributed by atoms with E-state index in [1.807, 2.05) is 11.3 Å². The van der Waals surface area contributed by atoms with E-state index >= 15 is 0 Å². The fraction of sp³-hybridized carbons (Fsp3) is 0.444. The minimum atomic E-state index is 0.170. The molecule has 4 heteroatoms. The van der Waals surface area contributed by atoms with Crippen molar-refractivity contribution in [3.63, 3.8) is 0 Å². The van der Waals surface area contributed by atoms with Crippen LogP contribution in [0.1, 0.15) is 49.0 Å². The number of likely N-dealkylation sites (tertiary alicyclic amines) is 1. The van der Waals surface area contributed by atoms with Crippen LogP contribution in [0.4, 0.5) is 0 Å². The van der Waals surface area contributed by atoms with Crippen LogP contribution >= 0.6 is 11.3 Å². The van der Waals surface area contributed by atoms with Crippen molar-refractivity contribution in [2.75, 3.05) is 13.1 Å². The van der Waals surface area contributed by atoms with Gasteiger partial charge in [-0.15, -0.1) is 11.3 Å². The first-order chi connectivity index (χ1) is 15.2. The predicted molar refractivity (Wildman–Crippen MR) is 131 cm³/mol. The van der Waals surface area contributed by atoms with E-state index in [-0.39, 0.29) is 5.91 Å². The van der Waals surface area contributed by atoms with Gasteiger partial charge in [0.05, 0.1) is 6.42 Å². The Morgan fingerprint density at radius 2 is 1.81 bits per heavy atom. The number of carbonyl (C=O) groups is 1. The van der Waals surface area contributed by atoms with Gasteiger partial charge in [0.15, 0.2) is 0 Å². The third-order valence-corrected chi connectivity index (χ3v) is 8.13. The first-order valence-electron chi connectivity index (χ1n) is 11.8. The number of thiophene rings is 1. The van der Waals surface area contributed by atoms with Crippen LogP contribution in [0.3, 0.4) is 0 Å². The molecule has 1 aliphatic carbocycles. The van der Waals surface area contributed by atoms with Crippen LogP contribution < -0.4 is 5.32 Å². The molecule has 0 radical (unpaired) electrons. The molecule has 3 aromatic rings. The van der Waals surface area contributed by atoms with Crippen LogP contribution in [0, 0.1) is 6.92 Å². The summed E-state index contributed by atoms with van der Waals surface area (Å²) < 4.78 is 1.29. The molecule has 1 saturated carbocycles. The van der Waals surface area contributed by atoms with Crippen LogP contribution in [0.2, 0.25) is 0 Å². The molecule has 1 saturated heterocycles. The summed E-state index contributed by atoms with van der Waals surface area (Å²) in [5.74, 6) is 0.170. The molecule has 2 fully saturated rings. The Labute approximate surface area is 189 Å². The second-order valence-electron chi connectivity index (χ2n) is 9.18. The van der Waals surface area contributed by atoms with E-state index in [1.54, 1.807) is 0 Å². The van der Waals surface area contributed by atoms with Crippen molar-refractivity contribution >= 4 is 27.3 Å². The summed E-state index contributed by atoms with van der Waals surface area (Å²) in [4.78, 5) is 17.0. The Morgan fingerprint density at radius 3 is 2.61 bits per heavy atom. The van der Waals surface area contributed by atoms with Crippen molar-refractivity contribution in [1.29, 1.82) is 0 Å². The van der Waals surface area contributed by atoms with E-state index in [0.717, 1.165) is 12.0 Å². The van der Waals surface area contributed by atoms with Crippen molar-refractivity contribution in [3.05, 3.63) is 59.0 Å². The summed E-state index contributed by atoms with van der Waals surface area (Å²) in [5.41, 5.74) is 3.67. The first-order valence-corrected chi connectivity index (χ1v) is 12.6. The quantitative estimate of drug-likeness (QED) is 0.541. The summed E-state index contributed by atoms with van der Waals surface area (Å²) in [6, 6.07) is 18.0. The van der Waals surface area contributed by atoms with E-state index in [4.69, 9.17) is 0 Å². The van der Waals surface area contributed by atoms with Gasteiger partial charge < -0.3 is 5.32 Å². The van der Waals surface area contributed by atoms with Gasteiger partial charge in [-0.2, -0.15) is 0 Å². The lowest BCUT2D eigenvalue weighted by molar-refractivity contribution is -0.121. The normalized spacial score (nSPS) is 22.1.